The molecule has 3 heterocycles. The fourth-order valence-electron chi connectivity index (χ4n) is 2.34. The molecule has 0 N–H and O–H groups in total. The smallest absolute Gasteiger partial charge is 0.226 e. The van der Waals surface area contributed by atoms with E-state index in [1.807, 2.05) is 31.3 Å². The van der Waals surface area contributed by atoms with E-state index in [0.717, 1.165) is 48.4 Å². The van der Waals surface area contributed by atoms with Crippen molar-refractivity contribution < 1.29 is 0 Å². The van der Waals surface area contributed by atoms with E-state index in [2.05, 4.69) is 45.7 Å². The molecule has 1 aliphatic heterocycles. The Morgan fingerprint density at radius 1 is 1.00 bits per heavy atom. The second-order valence-corrected chi connectivity index (χ2v) is 6.20. The van der Waals surface area contributed by atoms with Crippen LogP contribution in [0.1, 0.15) is 0 Å². The van der Waals surface area contributed by atoms with Crippen molar-refractivity contribution in [1.82, 2.24) is 19.9 Å². The fraction of sp³-hybridized carbons (Fsp3) is 0.429. The molecule has 0 bridgehead atoms. The molecule has 7 nitrogen and oxygen atoms in total. The van der Waals surface area contributed by atoms with Crippen molar-refractivity contribution in [2.24, 2.45) is 0 Å². The van der Waals surface area contributed by atoms with Crippen LogP contribution in [-0.4, -0.2) is 60.2 Å². The van der Waals surface area contributed by atoms with E-state index in [-0.39, 0.29) is 0 Å². The zero-order valence-corrected chi connectivity index (χ0v) is 14.2. The zero-order valence-electron chi connectivity index (χ0n) is 12.6. The third-order valence-electron chi connectivity index (χ3n) is 3.52. The van der Waals surface area contributed by atoms with Gasteiger partial charge in [-0.1, -0.05) is 0 Å². The molecule has 8 heteroatoms. The minimum Gasteiger partial charge on any atom is -0.353 e. The topological polar surface area (TPSA) is 61.3 Å². The van der Waals surface area contributed by atoms with Gasteiger partial charge in [0.2, 0.25) is 11.9 Å². The van der Waals surface area contributed by atoms with Gasteiger partial charge in [-0.15, -0.1) is 0 Å². The highest BCUT2D eigenvalue weighted by molar-refractivity contribution is 9.10. The van der Waals surface area contributed by atoms with Gasteiger partial charge in [0.15, 0.2) is 0 Å². The number of anilines is 3. The van der Waals surface area contributed by atoms with E-state index in [9.17, 15) is 0 Å². The standard InChI is InChI=1S/C14H18BrN7/c1-20(2)14-16-4-3-12(19-14)21-5-7-22(8-6-21)13-17-9-11(15)10-18-13/h3-4,9-10H,5-8H2,1-2H3. The van der Waals surface area contributed by atoms with Crippen LogP contribution >= 0.6 is 15.9 Å². The van der Waals surface area contributed by atoms with Crippen LogP contribution in [-0.2, 0) is 0 Å². The average molecular weight is 364 g/mol. The number of nitrogens with zero attached hydrogens (tertiary/aromatic N) is 7. The Kier molecular flexibility index (Phi) is 4.37. The van der Waals surface area contributed by atoms with Crippen molar-refractivity contribution in [1.29, 1.82) is 0 Å². The highest BCUT2D eigenvalue weighted by atomic mass is 79.9. The number of hydrogen-bond acceptors (Lipinski definition) is 7. The molecule has 0 saturated carbocycles. The minimum atomic E-state index is 0.733. The molecule has 0 unspecified atom stereocenters. The lowest BCUT2D eigenvalue weighted by Gasteiger charge is -2.35. The Balaban J connectivity index is 1.66. The second kappa shape index (κ2) is 6.43. The zero-order chi connectivity index (χ0) is 15.5. The first-order valence-electron chi connectivity index (χ1n) is 7.11. The summed E-state index contributed by atoms with van der Waals surface area (Å²) in [6, 6.07) is 1.96. The summed E-state index contributed by atoms with van der Waals surface area (Å²) in [5.41, 5.74) is 0. The first-order chi connectivity index (χ1) is 10.6. The largest absolute Gasteiger partial charge is 0.353 e. The molecule has 1 saturated heterocycles. The van der Waals surface area contributed by atoms with Crippen molar-refractivity contribution in [2.45, 2.75) is 0 Å². The van der Waals surface area contributed by atoms with Gasteiger partial charge in [0.1, 0.15) is 5.82 Å². The maximum atomic E-state index is 4.59. The predicted octanol–water partition coefficient (Wildman–Crippen LogP) is 1.42. The number of hydrogen-bond donors (Lipinski definition) is 0. The third kappa shape index (κ3) is 3.27. The Morgan fingerprint density at radius 2 is 1.64 bits per heavy atom. The predicted molar refractivity (Wildman–Crippen MR) is 90.5 cm³/mol. The van der Waals surface area contributed by atoms with E-state index in [4.69, 9.17) is 0 Å². The molecule has 2 aromatic rings. The van der Waals surface area contributed by atoms with Crippen LogP contribution in [0.3, 0.4) is 0 Å². The molecule has 1 fully saturated rings. The van der Waals surface area contributed by atoms with Gasteiger partial charge in [-0.25, -0.2) is 15.0 Å². The van der Waals surface area contributed by atoms with Gasteiger partial charge in [-0.05, 0) is 22.0 Å². The molecule has 0 aromatic carbocycles. The minimum absolute atomic E-state index is 0.733. The summed E-state index contributed by atoms with van der Waals surface area (Å²) in [6.07, 6.45) is 5.37. The quantitative estimate of drug-likeness (QED) is 0.816. The van der Waals surface area contributed by atoms with E-state index in [0.29, 0.717) is 0 Å². The summed E-state index contributed by atoms with van der Waals surface area (Å²) in [5.74, 6) is 2.48. The van der Waals surface area contributed by atoms with E-state index < -0.39 is 0 Å². The molecule has 0 spiro atoms. The van der Waals surface area contributed by atoms with Crippen LogP contribution in [0.15, 0.2) is 29.1 Å². The van der Waals surface area contributed by atoms with Crippen LogP contribution in [0.5, 0.6) is 0 Å². The van der Waals surface area contributed by atoms with Crippen LogP contribution in [0.25, 0.3) is 0 Å². The highest BCUT2D eigenvalue weighted by Gasteiger charge is 2.20. The molecule has 116 valence electrons. The van der Waals surface area contributed by atoms with Crippen molar-refractivity contribution in [3.63, 3.8) is 0 Å². The summed E-state index contributed by atoms with van der Waals surface area (Å²) >= 11 is 3.36. The molecule has 3 rings (SSSR count). The Hall–Kier alpha value is -1.96. The molecule has 1 aliphatic rings. The second-order valence-electron chi connectivity index (χ2n) is 5.28. The van der Waals surface area contributed by atoms with Crippen LogP contribution < -0.4 is 14.7 Å². The van der Waals surface area contributed by atoms with Crippen LogP contribution in [0.2, 0.25) is 0 Å². The lowest BCUT2D eigenvalue weighted by Crippen LogP contribution is -2.47. The first kappa shape index (κ1) is 15.0. The van der Waals surface area contributed by atoms with Crippen molar-refractivity contribution in [3.05, 3.63) is 29.1 Å². The molecular formula is C14H18BrN7. The van der Waals surface area contributed by atoms with Gasteiger partial charge >= 0.3 is 0 Å². The van der Waals surface area contributed by atoms with Crippen LogP contribution in [0.4, 0.5) is 17.7 Å². The molecule has 22 heavy (non-hydrogen) atoms. The Labute approximate surface area is 138 Å². The van der Waals surface area contributed by atoms with Gasteiger partial charge in [0.05, 0.1) is 4.47 Å². The SMILES string of the molecule is CN(C)c1nccc(N2CCN(c3ncc(Br)cn3)CC2)n1. The van der Waals surface area contributed by atoms with E-state index in [1.165, 1.54) is 0 Å². The van der Waals surface area contributed by atoms with Crippen molar-refractivity contribution in [2.75, 3.05) is 55.0 Å². The fourth-order valence-corrected chi connectivity index (χ4v) is 2.54. The van der Waals surface area contributed by atoms with E-state index in [1.54, 1.807) is 12.4 Å². The first-order valence-corrected chi connectivity index (χ1v) is 7.90. The molecule has 2 aromatic heterocycles. The Bertz CT molecular complexity index is 623. The van der Waals surface area contributed by atoms with Crippen molar-refractivity contribution in [3.8, 4) is 0 Å². The lowest BCUT2D eigenvalue weighted by molar-refractivity contribution is 0.633. The summed E-state index contributed by atoms with van der Waals surface area (Å²) in [4.78, 5) is 23.9. The molecule has 0 atom stereocenters. The van der Waals surface area contributed by atoms with Gasteiger partial charge in [0.25, 0.3) is 0 Å². The molecule has 0 aliphatic carbocycles. The molecule has 0 radical (unpaired) electrons. The van der Waals surface area contributed by atoms with Gasteiger partial charge in [0, 0.05) is 58.9 Å². The normalized spacial score (nSPS) is 15.0. The number of rotatable bonds is 3. The van der Waals surface area contributed by atoms with Crippen LogP contribution in [0, 0.1) is 0 Å². The number of halogens is 1. The average Bonchev–Trinajstić information content (AvgIpc) is 2.56. The van der Waals surface area contributed by atoms with Gasteiger partial charge in [-0.3, -0.25) is 0 Å². The monoisotopic (exact) mass is 363 g/mol. The van der Waals surface area contributed by atoms with Gasteiger partial charge < -0.3 is 14.7 Å². The summed E-state index contributed by atoms with van der Waals surface area (Å²) in [6.45, 7) is 3.54. The molecule has 0 amide bonds. The summed E-state index contributed by atoms with van der Waals surface area (Å²) < 4.78 is 0.895. The highest BCUT2D eigenvalue weighted by Crippen LogP contribution is 2.18. The maximum Gasteiger partial charge on any atom is 0.226 e. The molecular weight excluding hydrogens is 346 g/mol. The number of aromatic nitrogens is 4. The van der Waals surface area contributed by atoms with E-state index >= 15 is 0 Å². The van der Waals surface area contributed by atoms with Gasteiger partial charge in [-0.2, -0.15) is 4.98 Å². The number of piperazine rings is 1. The third-order valence-corrected chi connectivity index (χ3v) is 3.93. The maximum absolute atomic E-state index is 4.59. The summed E-state index contributed by atoms with van der Waals surface area (Å²) in [5, 5.41) is 0. The lowest BCUT2D eigenvalue weighted by atomic mass is 10.3. The Morgan fingerprint density at radius 3 is 2.27 bits per heavy atom. The van der Waals surface area contributed by atoms with Crippen molar-refractivity contribution >= 4 is 33.6 Å². The summed E-state index contributed by atoms with van der Waals surface area (Å²) in [7, 11) is 3.89.